The van der Waals surface area contributed by atoms with Crippen molar-refractivity contribution in [3.8, 4) is 5.75 Å². The number of nitrogens with one attached hydrogen (secondary N) is 3. The SMILES string of the molecule is COCC1(CNC(=O)C(NC(=O)c2ccccc2OC)C(C)C)CCNCC1. The van der Waals surface area contributed by atoms with Crippen LogP contribution in [0.2, 0.25) is 0 Å². The number of methoxy groups -OCH3 is 2. The molecule has 1 atom stereocenters. The first-order valence-electron chi connectivity index (χ1n) is 9.84. The molecule has 1 aromatic carbocycles. The van der Waals surface area contributed by atoms with Crippen molar-refractivity contribution in [2.75, 3.05) is 40.5 Å². The van der Waals surface area contributed by atoms with Crippen molar-refractivity contribution in [1.29, 1.82) is 0 Å². The number of ether oxygens (including phenoxy) is 2. The Kier molecular flexibility index (Phi) is 8.26. The molecular weight excluding hydrogens is 358 g/mol. The van der Waals surface area contributed by atoms with Gasteiger partial charge in [-0.3, -0.25) is 9.59 Å². The quantitative estimate of drug-likeness (QED) is 0.595. The van der Waals surface area contributed by atoms with Crippen LogP contribution >= 0.6 is 0 Å². The van der Waals surface area contributed by atoms with E-state index in [-0.39, 0.29) is 23.1 Å². The van der Waals surface area contributed by atoms with Crippen molar-refractivity contribution in [1.82, 2.24) is 16.0 Å². The minimum atomic E-state index is -0.626. The van der Waals surface area contributed by atoms with Gasteiger partial charge in [-0.25, -0.2) is 0 Å². The van der Waals surface area contributed by atoms with Gasteiger partial charge in [0, 0.05) is 19.1 Å². The maximum absolute atomic E-state index is 12.9. The average molecular weight is 392 g/mol. The Morgan fingerprint density at radius 2 is 1.86 bits per heavy atom. The van der Waals surface area contributed by atoms with Gasteiger partial charge in [-0.1, -0.05) is 26.0 Å². The molecule has 0 aliphatic carbocycles. The number of carbonyl (C=O) groups is 2. The van der Waals surface area contributed by atoms with Gasteiger partial charge in [-0.2, -0.15) is 0 Å². The fourth-order valence-corrected chi connectivity index (χ4v) is 3.61. The molecule has 1 heterocycles. The van der Waals surface area contributed by atoms with E-state index in [1.807, 2.05) is 13.8 Å². The van der Waals surface area contributed by atoms with E-state index in [1.54, 1.807) is 31.4 Å². The summed E-state index contributed by atoms with van der Waals surface area (Å²) in [6, 6.07) is 6.36. The summed E-state index contributed by atoms with van der Waals surface area (Å²) >= 11 is 0. The highest BCUT2D eigenvalue weighted by Crippen LogP contribution is 2.28. The van der Waals surface area contributed by atoms with Crippen molar-refractivity contribution in [2.45, 2.75) is 32.7 Å². The van der Waals surface area contributed by atoms with Crippen LogP contribution in [0.1, 0.15) is 37.0 Å². The van der Waals surface area contributed by atoms with Crippen LogP contribution in [0.5, 0.6) is 5.75 Å². The topological polar surface area (TPSA) is 88.7 Å². The smallest absolute Gasteiger partial charge is 0.255 e. The molecule has 7 nitrogen and oxygen atoms in total. The van der Waals surface area contributed by atoms with Gasteiger partial charge >= 0.3 is 0 Å². The van der Waals surface area contributed by atoms with E-state index in [9.17, 15) is 9.59 Å². The van der Waals surface area contributed by atoms with Crippen molar-refractivity contribution >= 4 is 11.8 Å². The minimum absolute atomic E-state index is 0.0509. The number of hydrogen-bond acceptors (Lipinski definition) is 5. The lowest BCUT2D eigenvalue weighted by atomic mass is 9.79. The van der Waals surface area contributed by atoms with E-state index in [2.05, 4.69) is 16.0 Å². The Balaban J connectivity index is 2.04. The van der Waals surface area contributed by atoms with Gasteiger partial charge in [0.2, 0.25) is 5.91 Å². The molecule has 1 aliphatic heterocycles. The Bertz CT molecular complexity index is 651. The first-order chi connectivity index (χ1) is 13.4. The van der Waals surface area contributed by atoms with E-state index in [1.165, 1.54) is 7.11 Å². The van der Waals surface area contributed by atoms with Gasteiger partial charge in [-0.05, 0) is 44.0 Å². The summed E-state index contributed by atoms with van der Waals surface area (Å²) in [6.07, 6.45) is 1.89. The second kappa shape index (κ2) is 10.4. The third-order valence-electron chi connectivity index (χ3n) is 5.34. The predicted molar refractivity (Wildman–Crippen MR) is 109 cm³/mol. The number of amides is 2. The summed E-state index contributed by atoms with van der Waals surface area (Å²) in [4.78, 5) is 25.6. The summed E-state index contributed by atoms with van der Waals surface area (Å²) in [7, 11) is 3.21. The maximum Gasteiger partial charge on any atom is 0.255 e. The molecule has 0 radical (unpaired) electrons. The molecule has 3 N–H and O–H groups in total. The van der Waals surface area contributed by atoms with Crippen LogP contribution in [0.15, 0.2) is 24.3 Å². The highest BCUT2D eigenvalue weighted by molar-refractivity contribution is 5.99. The second-order valence-corrected chi connectivity index (χ2v) is 7.80. The van der Waals surface area contributed by atoms with Crippen molar-refractivity contribution in [3.63, 3.8) is 0 Å². The molecule has 2 rings (SSSR count). The molecular formula is C21H33N3O4. The summed E-state index contributed by atoms with van der Waals surface area (Å²) in [6.45, 7) is 6.81. The van der Waals surface area contributed by atoms with Gasteiger partial charge in [-0.15, -0.1) is 0 Å². The molecule has 156 valence electrons. The zero-order chi connectivity index (χ0) is 20.6. The molecule has 0 spiro atoms. The molecule has 7 heteroatoms. The van der Waals surface area contributed by atoms with E-state index < -0.39 is 6.04 Å². The van der Waals surface area contributed by atoms with Crippen LogP contribution in [0.25, 0.3) is 0 Å². The molecule has 0 saturated carbocycles. The number of piperidine rings is 1. The van der Waals surface area contributed by atoms with Crippen LogP contribution < -0.4 is 20.7 Å². The third-order valence-corrected chi connectivity index (χ3v) is 5.34. The number of carbonyl (C=O) groups excluding carboxylic acids is 2. The van der Waals surface area contributed by atoms with Gasteiger partial charge in [0.05, 0.1) is 19.3 Å². The van der Waals surface area contributed by atoms with Gasteiger partial charge < -0.3 is 25.4 Å². The number of hydrogen-bond donors (Lipinski definition) is 3. The number of benzene rings is 1. The number of rotatable bonds is 9. The monoisotopic (exact) mass is 391 g/mol. The molecule has 1 aliphatic rings. The van der Waals surface area contributed by atoms with E-state index in [4.69, 9.17) is 9.47 Å². The van der Waals surface area contributed by atoms with E-state index in [0.717, 1.165) is 25.9 Å². The zero-order valence-corrected chi connectivity index (χ0v) is 17.3. The van der Waals surface area contributed by atoms with Gasteiger partial charge in [0.15, 0.2) is 0 Å². The normalized spacial score (nSPS) is 17.0. The Morgan fingerprint density at radius 3 is 2.46 bits per heavy atom. The predicted octanol–water partition coefficient (Wildman–Crippen LogP) is 1.58. The zero-order valence-electron chi connectivity index (χ0n) is 17.3. The molecule has 2 amide bonds. The summed E-state index contributed by atoms with van der Waals surface area (Å²) < 4.78 is 10.7. The largest absolute Gasteiger partial charge is 0.496 e. The molecule has 1 fully saturated rings. The summed E-state index contributed by atoms with van der Waals surface area (Å²) in [5.41, 5.74) is 0.349. The second-order valence-electron chi connectivity index (χ2n) is 7.80. The first kappa shape index (κ1) is 22.2. The lowest BCUT2D eigenvalue weighted by Crippen LogP contribution is -2.53. The van der Waals surface area contributed by atoms with Crippen molar-refractivity contribution in [3.05, 3.63) is 29.8 Å². The van der Waals surface area contributed by atoms with Crippen molar-refractivity contribution < 1.29 is 19.1 Å². The van der Waals surface area contributed by atoms with Crippen LogP contribution in [-0.2, 0) is 9.53 Å². The lowest BCUT2D eigenvalue weighted by Gasteiger charge is -2.37. The van der Waals surface area contributed by atoms with Crippen LogP contribution in [0, 0.1) is 11.3 Å². The molecule has 1 aromatic rings. The Hall–Kier alpha value is -2.12. The average Bonchev–Trinajstić information content (AvgIpc) is 2.70. The fourth-order valence-electron chi connectivity index (χ4n) is 3.61. The summed E-state index contributed by atoms with van der Waals surface area (Å²) in [5, 5.41) is 9.26. The highest BCUT2D eigenvalue weighted by Gasteiger charge is 2.34. The molecule has 0 bridgehead atoms. The highest BCUT2D eigenvalue weighted by atomic mass is 16.5. The lowest BCUT2D eigenvalue weighted by molar-refractivity contribution is -0.124. The van der Waals surface area contributed by atoms with Crippen LogP contribution in [0.3, 0.4) is 0 Å². The van der Waals surface area contributed by atoms with Gasteiger partial charge in [0.1, 0.15) is 11.8 Å². The standard InChI is InChI=1S/C21H33N3O4/c1-15(2)18(24-19(25)16-7-5-6-8-17(16)28-4)20(26)23-13-21(14-27-3)9-11-22-12-10-21/h5-8,15,18,22H,9-14H2,1-4H3,(H,23,26)(H,24,25). The Labute approximate surface area is 167 Å². The van der Waals surface area contributed by atoms with E-state index in [0.29, 0.717) is 24.5 Å². The Morgan fingerprint density at radius 1 is 1.18 bits per heavy atom. The van der Waals surface area contributed by atoms with Crippen LogP contribution in [0.4, 0.5) is 0 Å². The maximum atomic E-state index is 12.9. The fraction of sp³-hybridized carbons (Fsp3) is 0.619. The van der Waals surface area contributed by atoms with E-state index >= 15 is 0 Å². The molecule has 0 aromatic heterocycles. The molecule has 1 saturated heterocycles. The van der Waals surface area contributed by atoms with Crippen LogP contribution in [-0.4, -0.2) is 58.3 Å². The number of para-hydroxylation sites is 1. The minimum Gasteiger partial charge on any atom is -0.496 e. The van der Waals surface area contributed by atoms with Gasteiger partial charge in [0.25, 0.3) is 5.91 Å². The third kappa shape index (κ3) is 5.69. The van der Waals surface area contributed by atoms with Crippen molar-refractivity contribution in [2.24, 2.45) is 11.3 Å². The summed E-state index contributed by atoms with van der Waals surface area (Å²) in [5.74, 6) is -0.0613. The first-order valence-corrected chi connectivity index (χ1v) is 9.84. The molecule has 28 heavy (non-hydrogen) atoms. The molecule has 1 unspecified atom stereocenters.